The highest BCUT2D eigenvalue weighted by Crippen LogP contribution is 2.33. The first-order valence-electron chi connectivity index (χ1n) is 4.78. The summed E-state index contributed by atoms with van der Waals surface area (Å²) in [6.07, 6.45) is 2.20. The average molecular weight is 208 g/mol. The first kappa shape index (κ1) is 9.60. The van der Waals surface area contributed by atoms with Crippen molar-refractivity contribution in [3.63, 3.8) is 0 Å². The van der Waals surface area contributed by atoms with Gasteiger partial charge >= 0.3 is 0 Å². The van der Waals surface area contributed by atoms with Gasteiger partial charge in [0.1, 0.15) is 0 Å². The molecule has 0 spiro atoms. The second-order valence-electron chi connectivity index (χ2n) is 4.20. The molecule has 2 heteroatoms. The first-order chi connectivity index (χ1) is 6.62. The van der Waals surface area contributed by atoms with Gasteiger partial charge in [0.25, 0.3) is 0 Å². The number of nitrogens with one attached hydrogen (secondary N) is 1. The van der Waals surface area contributed by atoms with Crippen LogP contribution in [-0.4, -0.2) is 11.4 Å². The molecule has 1 heterocycles. The second kappa shape index (κ2) is 3.32. The van der Waals surface area contributed by atoms with E-state index in [0.29, 0.717) is 5.88 Å². The molecule has 0 fully saturated rings. The van der Waals surface area contributed by atoms with Crippen LogP contribution >= 0.6 is 11.6 Å². The molecule has 1 aliphatic rings. The van der Waals surface area contributed by atoms with Gasteiger partial charge in [0.15, 0.2) is 0 Å². The minimum Gasteiger partial charge on any atom is -0.376 e. The SMILES string of the molecule is CC1(C)C=C(CCl)c2ccccc2N1. The standard InChI is InChI=1S/C12H14ClN/c1-12(2)7-9(8-13)10-5-3-4-6-11(10)14-12/h3-7,14H,8H2,1-2H3. The lowest BCUT2D eigenvalue weighted by Crippen LogP contribution is -2.31. The monoisotopic (exact) mass is 207 g/mol. The zero-order valence-corrected chi connectivity index (χ0v) is 9.23. The second-order valence-corrected chi connectivity index (χ2v) is 4.46. The molecule has 14 heavy (non-hydrogen) atoms. The molecule has 1 nitrogen and oxygen atoms in total. The Morgan fingerprint density at radius 3 is 2.71 bits per heavy atom. The van der Waals surface area contributed by atoms with Gasteiger partial charge in [0, 0.05) is 17.1 Å². The summed E-state index contributed by atoms with van der Waals surface area (Å²) in [5.74, 6) is 0.572. The maximum Gasteiger partial charge on any atom is 0.0506 e. The zero-order valence-electron chi connectivity index (χ0n) is 8.47. The lowest BCUT2D eigenvalue weighted by molar-refractivity contribution is 0.707. The number of para-hydroxylation sites is 1. The summed E-state index contributed by atoms with van der Waals surface area (Å²) in [6.45, 7) is 4.30. The van der Waals surface area contributed by atoms with Crippen LogP contribution < -0.4 is 5.32 Å². The molecule has 1 aromatic carbocycles. The van der Waals surface area contributed by atoms with Gasteiger partial charge in [0.2, 0.25) is 0 Å². The summed E-state index contributed by atoms with van der Waals surface area (Å²) in [7, 11) is 0. The van der Waals surface area contributed by atoms with Crippen LogP contribution in [0.5, 0.6) is 0 Å². The van der Waals surface area contributed by atoms with E-state index in [4.69, 9.17) is 11.6 Å². The van der Waals surface area contributed by atoms with E-state index in [9.17, 15) is 0 Å². The topological polar surface area (TPSA) is 12.0 Å². The third-order valence-corrected chi connectivity index (χ3v) is 2.70. The Morgan fingerprint density at radius 2 is 2.00 bits per heavy atom. The predicted molar refractivity (Wildman–Crippen MR) is 62.8 cm³/mol. The molecule has 1 aliphatic heterocycles. The number of alkyl halides is 1. The van der Waals surface area contributed by atoms with E-state index in [1.165, 1.54) is 16.8 Å². The number of rotatable bonds is 1. The Morgan fingerprint density at radius 1 is 1.29 bits per heavy atom. The fourth-order valence-electron chi connectivity index (χ4n) is 1.88. The number of fused-ring (bicyclic) bond motifs is 1. The maximum atomic E-state index is 5.94. The number of allylic oxidation sites excluding steroid dienone is 1. The molecule has 1 aromatic rings. The van der Waals surface area contributed by atoms with Crippen molar-refractivity contribution >= 4 is 22.9 Å². The van der Waals surface area contributed by atoms with Crippen LogP contribution in [0.3, 0.4) is 0 Å². The van der Waals surface area contributed by atoms with Gasteiger partial charge in [-0.3, -0.25) is 0 Å². The summed E-state index contributed by atoms with van der Waals surface area (Å²) in [5, 5.41) is 3.47. The Bertz CT molecular complexity index is 380. The first-order valence-corrected chi connectivity index (χ1v) is 5.31. The van der Waals surface area contributed by atoms with E-state index in [1.54, 1.807) is 0 Å². The Balaban J connectivity index is 2.53. The highest BCUT2D eigenvalue weighted by molar-refractivity contribution is 6.23. The zero-order chi connectivity index (χ0) is 10.2. The van der Waals surface area contributed by atoms with Crippen LogP contribution in [0.1, 0.15) is 19.4 Å². The number of hydrogen-bond donors (Lipinski definition) is 1. The van der Waals surface area contributed by atoms with E-state index in [2.05, 4.69) is 37.4 Å². The van der Waals surface area contributed by atoms with Crippen molar-refractivity contribution in [1.29, 1.82) is 0 Å². The Hall–Kier alpha value is -0.950. The van der Waals surface area contributed by atoms with Crippen molar-refractivity contribution in [3.05, 3.63) is 35.9 Å². The van der Waals surface area contributed by atoms with E-state index >= 15 is 0 Å². The molecule has 0 radical (unpaired) electrons. The molecular weight excluding hydrogens is 194 g/mol. The van der Waals surface area contributed by atoms with E-state index in [0.717, 1.165) is 0 Å². The number of hydrogen-bond acceptors (Lipinski definition) is 1. The van der Waals surface area contributed by atoms with Gasteiger partial charge in [-0.2, -0.15) is 0 Å². The molecule has 0 aromatic heterocycles. The number of anilines is 1. The quantitative estimate of drug-likeness (QED) is 0.695. The maximum absolute atomic E-state index is 5.94. The molecule has 0 atom stereocenters. The predicted octanol–water partition coefficient (Wildman–Crippen LogP) is 3.51. The average Bonchev–Trinajstić information content (AvgIpc) is 2.15. The molecule has 0 amide bonds. The lowest BCUT2D eigenvalue weighted by atomic mass is 9.91. The van der Waals surface area contributed by atoms with Crippen LogP contribution in [0.4, 0.5) is 5.69 Å². The third kappa shape index (κ3) is 1.64. The Labute approximate surface area is 89.8 Å². The van der Waals surface area contributed by atoms with Gasteiger partial charge in [-0.1, -0.05) is 24.3 Å². The minimum atomic E-state index is -0.00141. The van der Waals surface area contributed by atoms with Gasteiger partial charge in [-0.15, -0.1) is 11.6 Å². The van der Waals surface area contributed by atoms with Gasteiger partial charge < -0.3 is 5.32 Å². The highest BCUT2D eigenvalue weighted by atomic mass is 35.5. The van der Waals surface area contributed by atoms with E-state index in [-0.39, 0.29) is 5.54 Å². The summed E-state index contributed by atoms with van der Waals surface area (Å²) in [5.41, 5.74) is 3.61. The molecule has 0 unspecified atom stereocenters. The molecule has 0 aliphatic carbocycles. The minimum absolute atomic E-state index is 0.00141. The molecule has 1 N–H and O–H groups in total. The summed E-state index contributed by atoms with van der Waals surface area (Å²) in [6, 6.07) is 8.28. The molecule has 0 saturated heterocycles. The van der Waals surface area contributed by atoms with Crippen molar-refractivity contribution < 1.29 is 0 Å². The highest BCUT2D eigenvalue weighted by Gasteiger charge is 2.22. The molecular formula is C12H14ClN. The molecule has 0 saturated carbocycles. The fraction of sp³-hybridized carbons (Fsp3) is 0.333. The third-order valence-electron chi connectivity index (χ3n) is 2.41. The molecule has 74 valence electrons. The van der Waals surface area contributed by atoms with Crippen molar-refractivity contribution in [2.24, 2.45) is 0 Å². The molecule has 0 bridgehead atoms. The van der Waals surface area contributed by atoms with Crippen molar-refractivity contribution in [2.75, 3.05) is 11.2 Å². The van der Waals surface area contributed by atoms with E-state index < -0.39 is 0 Å². The van der Waals surface area contributed by atoms with Gasteiger partial charge in [-0.25, -0.2) is 0 Å². The summed E-state index contributed by atoms with van der Waals surface area (Å²) in [4.78, 5) is 0. The Kier molecular flexibility index (Phi) is 2.28. The fourth-order valence-corrected chi connectivity index (χ4v) is 2.10. The van der Waals surface area contributed by atoms with Crippen LogP contribution in [0.15, 0.2) is 30.3 Å². The largest absolute Gasteiger partial charge is 0.376 e. The number of halogens is 1. The number of benzene rings is 1. The van der Waals surface area contributed by atoms with E-state index in [1.807, 2.05) is 12.1 Å². The summed E-state index contributed by atoms with van der Waals surface area (Å²) < 4.78 is 0. The van der Waals surface area contributed by atoms with Gasteiger partial charge in [0.05, 0.1) is 5.54 Å². The van der Waals surface area contributed by atoms with Crippen LogP contribution in [-0.2, 0) is 0 Å². The van der Waals surface area contributed by atoms with Crippen LogP contribution in [0.2, 0.25) is 0 Å². The van der Waals surface area contributed by atoms with Crippen LogP contribution in [0, 0.1) is 0 Å². The van der Waals surface area contributed by atoms with Crippen LogP contribution in [0.25, 0.3) is 5.57 Å². The molecule has 2 rings (SSSR count). The lowest BCUT2D eigenvalue weighted by Gasteiger charge is -2.31. The van der Waals surface area contributed by atoms with Gasteiger partial charge in [-0.05, 0) is 25.5 Å². The smallest absolute Gasteiger partial charge is 0.0506 e. The normalized spacial score (nSPS) is 18.1. The summed E-state index contributed by atoms with van der Waals surface area (Å²) >= 11 is 5.94. The van der Waals surface area contributed by atoms with Crippen molar-refractivity contribution in [1.82, 2.24) is 0 Å². The van der Waals surface area contributed by atoms with Crippen molar-refractivity contribution in [3.8, 4) is 0 Å². The van der Waals surface area contributed by atoms with Crippen molar-refractivity contribution in [2.45, 2.75) is 19.4 Å².